The number of aromatic nitrogens is 2. The molecule has 0 saturated heterocycles. The first-order valence-corrected chi connectivity index (χ1v) is 6.15. The molecule has 0 aliphatic rings. The van der Waals surface area contributed by atoms with Crippen LogP contribution in [0.3, 0.4) is 0 Å². The average molecular weight is 261 g/mol. The first-order valence-electron chi connectivity index (χ1n) is 6.15. The Labute approximate surface area is 111 Å². The Morgan fingerprint density at radius 2 is 2.16 bits per heavy atom. The van der Waals surface area contributed by atoms with Crippen LogP contribution in [0.2, 0.25) is 0 Å². The molecule has 19 heavy (non-hydrogen) atoms. The largest absolute Gasteiger partial charge is 0.497 e. The van der Waals surface area contributed by atoms with E-state index in [2.05, 4.69) is 22.2 Å². The summed E-state index contributed by atoms with van der Waals surface area (Å²) in [5.74, 6) is 0.633. The van der Waals surface area contributed by atoms with Crippen LogP contribution in [-0.4, -0.2) is 23.6 Å². The van der Waals surface area contributed by atoms with Gasteiger partial charge in [-0.2, -0.15) is 0 Å². The van der Waals surface area contributed by atoms with Gasteiger partial charge in [0.15, 0.2) is 0 Å². The molecule has 1 aromatic heterocycles. The quantitative estimate of drug-likeness (QED) is 0.898. The molecule has 0 bridgehead atoms. The fourth-order valence-corrected chi connectivity index (χ4v) is 1.66. The summed E-state index contributed by atoms with van der Waals surface area (Å²) in [5, 5.41) is 3.08. The van der Waals surface area contributed by atoms with Crippen LogP contribution in [0.4, 0.5) is 10.3 Å². The second kappa shape index (κ2) is 6.13. The van der Waals surface area contributed by atoms with E-state index in [-0.39, 0.29) is 5.82 Å². The molecule has 1 N–H and O–H groups in total. The van der Waals surface area contributed by atoms with Crippen molar-refractivity contribution in [2.45, 2.75) is 13.3 Å². The van der Waals surface area contributed by atoms with Crippen molar-refractivity contribution in [1.82, 2.24) is 9.97 Å². The highest BCUT2D eigenvalue weighted by atomic mass is 19.1. The first kappa shape index (κ1) is 13.3. The number of hydrogen-bond acceptors (Lipinski definition) is 4. The maximum atomic E-state index is 13.9. The third kappa shape index (κ3) is 3.19. The van der Waals surface area contributed by atoms with E-state index in [1.54, 1.807) is 24.4 Å². The molecule has 1 heterocycles. The van der Waals surface area contributed by atoms with Gasteiger partial charge in [-0.3, -0.25) is 0 Å². The lowest BCUT2D eigenvalue weighted by atomic mass is 10.1. The number of nitrogens with zero attached hydrogens (tertiary/aromatic N) is 2. The predicted octanol–water partition coefficient (Wildman–Crippen LogP) is 3.11. The molecule has 1 aromatic carbocycles. The number of nitrogens with one attached hydrogen (secondary N) is 1. The van der Waals surface area contributed by atoms with Crippen LogP contribution in [0, 0.1) is 5.82 Å². The lowest BCUT2D eigenvalue weighted by Crippen LogP contribution is -2.04. The number of rotatable bonds is 5. The minimum Gasteiger partial charge on any atom is -0.497 e. The highest BCUT2D eigenvalue weighted by Crippen LogP contribution is 2.25. The smallest absolute Gasteiger partial charge is 0.223 e. The highest BCUT2D eigenvalue weighted by molar-refractivity contribution is 5.61. The van der Waals surface area contributed by atoms with E-state index in [9.17, 15) is 4.39 Å². The van der Waals surface area contributed by atoms with Crippen molar-refractivity contribution >= 4 is 5.95 Å². The van der Waals surface area contributed by atoms with Crippen molar-refractivity contribution in [3.8, 4) is 17.0 Å². The van der Waals surface area contributed by atoms with Gasteiger partial charge in [0.2, 0.25) is 5.95 Å². The topological polar surface area (TPSA) is 47.0 Å². The lowest BCUT2D eigenvalue weighted by molar-refractivity contribution is 0.411. The Balaban J connectivity index is 2.30. The molecule has 0 aliphatic heterocycles. The van der Waals surface area contributed by atoms with E-state index in [4.69, 9.17) is 4.74 Å². The molecule has 2 aromatic rings. The number of ether oxygens (including phenoxy) is 1. The van der Waals surface area contributed by atoms with E-state index >= 15 is 0 Å². The molecule has 0 unspecified atom stereocenters. The average Bonchev–Trinajstić information content (AvgIpc) is 2.45. The summed E-state index contributed by atoms with van der Waals surface area (Å²) < 4.78 is 18.9. The molecule has 100 valence electrons. The van der Waals surface area contributed by atoms with Gasteiger partial charge in [0.1, 0.15) is 11.6 Å². The minimum atomic E-state index is -0.362. The van der Waals surface area contributed by atoms with Crippen molar-refractivity contribution in [2.75, 3.05) is 19.0 Å². The molecular weight excluding hydrogens is 245 g/mol. The van der Waals surface area contributed by atoms with Crippen molar-refractivity contribution in [1.29, 1.82) is 0 Å². The second-order valence-corrected chi connectivity index (χ2v) is 4.04. The zero-order chi connectivity index (χ0) is 13.7. The van der Waals surface area contributed by atoms with Gasteiger partial charge in [0, 0.05) is 24.4 Å². The van der Waals surface area contributed by atoms with Crippen molar-refractivity contribution < 1.29 is 9.13 Å². The summed E-state index contributed by atoms with van der Waals surface area (Å²) in [6.07, 6.45) is 2.59. The number of hydrogen-bond donors (Lipinski definition) is 1. The van der Waals surface area contributed by atoms with Crippen LogP contribution < -0.4 is 10.1 Å². The zero-order valence-electron chi connectivity index (χ0n) is 11.0. The Bertz CT molecular complexity index is 560. The summed E-state index contributed by atoms with van der Waals surface area (Å²) in [6.45, 7) is 2.84. The van der Waals surface area contributed by atoms with Crippen LogP contribution in [0.25, 0.3) is 11.3 Å². The molecule has 0 saturated carbocycles. The summed E-state index contributed by atoms with van der Waals surface area (Å²) >= 11 is 0. The lowest BCUT2D eigenvalue weighted by Gasteiger charge is -2.07. The Morgan fingerprint density at radius 3 is 2.84 bits per heavy atom. The maximum Gasteiger partial charge on any atom is 0.223 e. The monoisotopic (exact) mass is 261 g/mol. The Kier molecular flexibility index (Phi) is 4.28. The fourth-order valence-electron chi connectivity index (χ4n) is 1.66. The molecule has 2 rings (SSSR count). The summed E-state index contributed by atoms with van der Waals surface area (Å²) in [7, 11) is 1.51. The van der Waals surface area contributed by atoms with Gasteiger partial charge in [-0.1, -0.05) is 6.92 Å². The molecule has 0 aliphatic carbocycles. The SMILES string of the molecule is CCCNc1nccc(-c2ccc(OC)cc2F)n1. The Hall–Kier alpha value is -2.17. The fraction of sp³-hybridized carbons (Fsp3) is 0.286. The third-order valence-electron chi connectivity index (χ3n) is 2.64. The zero-order valence-corrected chi connectivity index (χ0v) is 11.0. The van der Waals surface area contributed by atoms with Crippen LogP contribution in [-0.2, 0) is 0 Å². The molecule has 0 atom stereocenters. The van der Waals surface area contributed by atoms with E-state index in [0.717, 1.165) is 13.0 Å². The molecule has 0 spiro atoms. The molecular formula is C14H16FN3O. The molecule has 0 amide bonds. The predicted molar refractivity (Wildman–Crippen MR) is 72.8 cm³/mol. The van der Waals surface area contributed by atoms with Gasteiger partial charge >= 0.3 is 0 Å². The number of anilines is 1. The number of halogens is 1. The van der Waals surface area contributed by atoms with E-state index in [1.807, 2.05) is 0 Å². The van der Waals surface area contributed by atoms with E-state index in [0.29, 0.717) is 23.0 Å². The van der Waals surface area contributed by atoms with E-state index < -0.39 is 0 Å². The van der Waals surface area contributed by atoms with Gasteiger partial charge < -0.3 is 10.1 Å². The molecule has 0 radical (unpaired) electrons. The van der Waals surface area contributed by atoms with Crippen LogP contribution >= 0.6 is 0 Å². The van der Waals surface area contributed by atoms with Gasteiger partial charge in [-0.25, -0.2) is 14.4 Å². The number of methoxy groups -OCH3 is 1. The van der Waals surface area contributed by atoms with Crippen molar-refractivity contribution in [2.24, 2.45) is 0 Å². The first-order chi connectivity index (χ1) is 9.24. The van der Waals surface area contributed by atoms with Crippen LogP contribution in [0.15, 0.2) is 30.5 Å². The normalized spacial score (nSPS) is 10.3. The standard InChI is InChI=1S/C14H16FN3O/c1-3-7-16-14-17-8-6-13(18-14)11-5-4-10(19-2)9-12(11)15/h4-6,8-9H,3,7H2,1-2H3,(H,16,17,18). The van der Waals surface area contributed by atoms with Gasteiger partial charge in [0.05, 0.1) is 12.8 Å². The van der Waals surface area contributed by atoms with E-state index in [1.165, 1.54) is 13.2 Å². The highest BCUT2D eigenvalue weighted by Gasteiger charge is 2.08. The van der Waals surface area contributed by atoms with Gasteiger partial charge in [0.25, 0.3) is 0 Å². The summed E-state index contributed by atoms with van der Waals surface area (Å²) in [6, 6.07) is 6.39. The third-order valence-corrected chi connectivity index (χ3v) is 2.64. The Morgan fingerprint density at radius 1 is 1.32 bits per heavy atom. The van der Waals surface area contributed by atoms with Gasteiger partial charge in [-0.05, 0) is 24.6 Å². The second-order valence-electron chi connectivity index (χ2n) is 4.04. The van der Waals surface area contributed by atoms with Crippen LogP contribution in [0.5, 0.6) is 5.75 Å². The van der Waals surface area contributed by atoms with Crippen molar-refractivity contribution in [3.05, 3.63) is 36.3 Å². The van der Waals surface area contributed by atoms with Crippen LogP contribution in [0.1, 0.15) is 13.3 Å². The molecule has 0 fully saturated rings. The minimum absolute atomic E-state index is 0.362. The number of benzene rings is 1. The molecule has 4 nitrogen and oxygen atoms in total. The van der Waals surface area contributed by atoms with Crippen molar-refractivity contribution in [3.63, 3.8) is 0 Å². The molecule has 5 heteroatoms. The summed E-state index contributed by atoms with van der Waals surface area (Å²) in [5.41, 5.74) is 0.983. The van der Waals surface area contributed by atoms with Gasteiger partial charge in [-0.15, -0.1) is 0 Å². The summed E-state index contributed by atoms with van der Waals surface area (Å²) in [4.78, 5) is 8.39. The maximum absolute atomic E-state index is 13.9.